The van der Waals surface area contributed by atoms with Gasteiger partial charge in [-0.3, -0.25) is 4.79 Å². The lowest BCUT2D eigenvalue weighted by molar-refractivity contribution is -0.126. The lowest BCUT2D eigenvalue weighted by Crippen LogP contribution is -2.48. The number of hydrogen-bond acceptors (Lipinski definition) is 6. The van der Waals surface area contributed by atoms with E-state index in [2.05, 4.69) is 11.6 Å². The Bertz CT molecular complexity index is 1320. The summed E-state index contributed by atoms with van der Waals surface area (Å²) in [4.78, 5) is 27.1. The number of nitrogens with zero attached hydrogens (tertiary/aromatic N) is 5. The average Bonchev–Trinajstić information content (AvgIpc) is 2.90. The molecule has 1 amide bonds. The molecule has 188 valence electrons. The minimum Gasteiger partial charge on any atom is -0.507 e. The van der Waals surface area contributed by atoms with Gasteiger partial charge in [-0.2, -0.15) is 4.98 Å². The van der Waals surface area contributed by atoms with Gasteiger partial charge >= 0.3 is 0 Å². The number of anilines is 2. The second-order valence-corrected chi connectivity index (χ2v) is 9.40. The van der Waals surface area contributed by atoms with Gasteiger partial charge in [-0.25, -0.2) is 13.8 Å². The van der Waals surface area contributed by atoms with Gasteiger partial charge in [-0.1, -0.05) is 24.2 Å². The number of carbonyl (C=O) groups excluding carboxylic acids is 1. The summed E-state index contributed by atoms with van der Waals surface area (Å²) in [5, 5.41) is 10.7. The number of aromatic nitrogens is 2. The van der Waals surface area contributed by atoms with Crippen molar-refractivity contribution in [3.05, 3.63) is 53.6 Å². The fourth-order valence-electron chi connectivity index (χ4n) is 4.90. The molecule has 0 radical (unpaired) electrons. The first-order chi connectivity index (χ1) is 17.4. The van der Waals surface area contributed by atoms with E-state index in [0.717, 1.165) is 38.4 Å². The van der Waals surface area contributed by atoms with Crippen molar-refractivity contribution >= 4 is 40.2 Å². The maximum Gasteiger partial charge on any atom is 0.246 e. The number of aromatic hydroxyl groups is 1. The molecule has 0 spiro atoms. The summed E-state index contributed by atoms with van der Waals surface area (Å²) in [5.41, 5.74) is -0.541. The van der Waals surface area contributed by atoms with Crippen molar-refractivity contribution in [3.8, 4) is 16.9 Å². The van der Waals surface area contributed by atoms with Crippen LogP contribution in [0.15, 0.2) is 36.9 Å². The van der Waals surface area contributed by atoms with Crippen LogP contribution in [-0.4, -0.2) is 65.2 Å². The van der Waals surface area contributed by atoms with E-state index in [1.165, 1.54) is 24.3 Å². The molecule has 5 rings (SSSR count). The second kappa shape index (κ2) is 9.89. The first-order valence-corrected chi connectivity index (χ1v) is 12.4. The molecule has 36 heavy (non-hydrogen) atoms. The van der Waals surface area contributed by atoms with Crippen molar-refractivity contribution in [1.29, 1.82) is 0 Å². The van der Waals surface area contributed by atoms with Gasteiger partial charge in [0.2, 0.25) is 11.9 Å². The molecule has 0 saturated carbocycles. The van der Waals surface area contributed by atoms with Crippen LogP contribution in [0.25, 0.3) is 22.0 Å². The van der Waals surface area contributed by atoms with E-state index < -0.39 is 17.4 Å². The SMILES string of the molecule is C=CC(=O)N1CCN(c2nc(N3CCCCC3)nc3c(F)c(-c4c(O)cccc4F)c(Cl)cc23)CC1. The minimum absolute atomic E-state index is 0.00669. The highest BCUT2D eigenvalue weighted by molar-refractivity contribution is 6.34. The molecule has 0 aliphatic carbocycles. The summed E-state index contributed by atoms with van der Waals surface area (Å²) in [7, 11) is 0. The molecule has 7 nitrogen and oxygen atoms in total. The van der Waals surface area contributed by atoms with E-state index >= 15 is 4.39 Å². The van der Waals surface area contributed by atoms with Gasteiger partial charge in [-0.15, -0.1) is 0 Å². The molecule has 3 heterocycles. The van der Waals surface area contributed by atoms with Crippen molar-refractivity contribution in [3.63, 3.8) is 0 Å². The predicted molar refractivity (Wildman–Crippen MR) is 137 cm³/mol. The summed E-state index contributed by atoms with van der Waals surface area (Å²) < 4.78 is 30.8. The molecule has 2 saturated heterocycles. The third-order valence-electron chi connectivity index (χ3n) is 6.80. The van der Waals surface area contributed by atoms with Gasteiger partial charge in [-0.05, 0) is 43.5 Å². The maximum atomic E-state index is 16.1. The van der Waals surface area contributed by atoms with Gasteiger partial charge in [0, 0.05) is 50.2 Å². The van der Waals surface area contributed by atoms with Crippen molar-refractivity contribution in [2.75, 3.05) is 49.1 Å². The minimum atomic E-state index is -0.819. The lowest BCUT2D eigenvalue weighted by atomic mass is 10.0. The monoisotopic (exact) mass is 513 g/mol. The first kappa shape index (κ1) is 24.2. The zero-order chi connectivity index (χ0) is 25.4. The average molecular weight is 514 g/mol. The maximum absolute atomic E-state index is 16.1. The number of piperidine rings is 1. The molecule has 2 aliphatic heterocycles. The third-order valence-corrected chi connectivity index (χ3v) is 7.10. The van der Waals surface area contributed by atoms with Crippen molar-refractivity contribution in [1.82, 2.24) is 14.9 Å². The highest BCUT2D eigenvalue weighted by Crippen LogP contribution is 2.42. The molecular formula is C26H26ClF2N5O2. The zero-order valence-electron chi connectivity index (χ0n) is 19.7. The largest absolute Gasteiger partial charge is 0.507 e. The molecule has 1 aromatic heterocycles. The lowest BCUT2D eigenvalue weighted by Gasteiger charge is -2.36. The highest BCUT2D eigenvalue weighted by atomic mass is 35.5. The van der Waals surface area contributed by atoms with Crippen LogP contribution >= 0.6 is 11.6 Å². The van der Waals surface area contributed by atoms with E-state index in [0.29, 0.717) is 43.3 Å². The molecule has 10 heteroatoms. The van der Waals surface area contributed by atoms with E-state index in [4.69, 9.17) is 16.6 Å². The Morgan fingerprint density at radius 2 is 1.72 bits per heavy atom. The number of benzene rings is 2. The molecule has 0 bridgehead atoms. The zero-order valence-corrected chi connectivity index (χ0v) is 20.4. The molecule has 3 aromatic rings. The summed E-state index contributed by atoms with van der Waals surface area (Å²) in [6.45, 7) is 6.96. The third kappa shape index (κ3) is 4.32. The topological polar surface area (TPSA) is 72.8 Å². The van der Waals surface area contributed by atoms with Gasteiger partial charge in [0.15, 0.2) is 5.82 Å². The molecule has 2 aliphatic rings. The number of phenols is 1. The quantitative estimate of drug-likeness (QED) is 0.507. The fraction of sp³-hybridized carbons (Fsp3) is 0.346. The summed E-state index contributed by atoms with van der Waals surface area (Å²) >= 11 is 6.50. The number of amides is 1. The van der Waals surface area contributed by atoms with E-state index in [-0.39, 0.29) is 27.6 Å². The highest BCUT2D eigenvalue weighted by Gasteiger charge is 2.28. The number of fused-ring (bicyclic) bond motifs is 1. The summed E-state index contributed by atoms with van der Waals surface area (Å²) in [5.74, 6) is -1.25. The predicted octanol–water partition coefficient (Wildman–Crippen LogP) is 4.76. The van der Waals surface area contributed by atoms with Crippen molar-refractivity contribution < 1.29 is 18.7 Å². The van der Waals surface area contributed by atoms with Gasteiger partial charge in [0.25, 0.3) is 0 Å². The Kier molecular flexibility index (Phi) is 6.66. The van der Waals surface area contributed by atoms with Crippen LogP contribution in [0.4, 0.5) is 20.5 Å². The van der Waals surface area contributed by atoms with Crippen LogP contribution in [0.3, 0.4) is 0 Å². The fourth-order valence-corrected chi connectivity index (χ4v) is 5.19. The Balaban J connectivity index is 1.67. The van der Waals surface area contributed by atoms with Crippen LogP contribution in [-0.2, 0) is 4.79 Å². The van der Waals surface area contributed by atoms with Crippen LogP contribution in [0.2, 0.25) is 5.02 Å². The van der Waals surface area contributed by atoms with Crippen molar-refractivity contribution in [2.24, 2.45) is 0 Å². The van der Waals surface area contributed by atoms with Gasteiger partial charge in [0.1, 0.15) is 22.9 Å². The normalized spacial score (nSPS) is 16.5. The van der Waals surface area contributed by atoms with Gasteiger partial charge in [0.05, 0.1) is 10.6 Å². The van der Waals surface area contributed by atoms with Crippen LogP contribution < -0.4 is 9.80 Å². The van der Waals surface area contributed by atoms with Crippen molar-refractivity contribution in [2.45, 2.75) is 19.3 Å². The summed E-state index contributed by atoms with van der Waals surface area (Å²) in [6.07, 6.45) is 4.36. The standard InChI is InChI=1S/C26H26ClF2N5O2/c1-2-20(36)32-11-13-33(14-12-32)25-16-15-17(27)21(22-18(28)7-6-8-19(22)35)23(29)24(16)30-26(31-25)34-9-4-3-5-10-34/h2,6-8,15,35H,1,3-5,9-14H2. The van der Waals surface area contributed by atoms with Crippen LogP contribution in [0.1, 0.15) is 19.3 Å². The van der Waals surface area contributed by atoms with Gasteiger partial charge < -0.3 is 19.8 Å². The van der Waals surface area contributed by atoms with E-state index in [1.807, 2.05) is 9.80 Å². The number of hydrogen-bond donors (Lipinski definition) is 1. The van der Waals surface area contributed by atoms with Crippen LogP contribution in [0.5, 0.6) is 5.75 Å². The molecule has 1 N–H and O–H groups in total. The van der Waals surface area contributed by atoms with E-state index in [1.54, 1.807) is 4.90 Å². The Labute approximate surface area is 212 Å². The molecule has 0 unspecified atom stereocenters. The Morgan fingerprint density at radius 1 is 1.00 bits per heavy atom. The number of halogens is 3. The number of rotatable bonds is 4. The molecule has 0 atom stereocenters. The summed E-state index contributed by atoms with van der Waals surface area (Å²) in [6, 6.07) is 5.29. The molecule has 2 fully saturated rings. The number of phenolic OH excluding ortho intramolecular Hbond substituents is 1. The van der Waals surface area contributed by atoms with Crippen LogP contribution in [0, 0.1) is 11.6 Å². The Morgan fingerprint density at radius 3 is 2.39 bits per heavy atom. The first-order valence-electron chi connectivity index (χ1n) is 12.0. The Hall–Kier alpha value is -3.46. The number of carbonyl (C=O) groups is 1. The molecule has 2 aromatic carbocycles. The second-order valence-electron chi connectivity index (χ2n) is 8.99. The smallest absolute Gasteiger partial charge is 0.246 e. The number of piperazine rings is 1. The molecular weight excluding hydrogens is 488 g/mol. The van der Waals surface area contributed by atoms with E-state index in [9.17, 15) is 14.3 Å².